The molecule has 0 fully saturated rings. The minimum Gasteiger partial charge on any atom is -0.457 e. The van der Waals surface area contributed by atoms with Gasteiger partial charge in [0.1, 0.15) is 11.5 Å². The van der Waals surface area contributed by atoms with Gasteiger partial charge in [-0.2, -0.15) is 5.10 Å². The highest BCUT2D eigenvalue weighted by molar-refractivity contribution is 5.91. The van der Waals surface area contributed by atoms with E-state index in [1.165, 1.54) is 0 Å². The van der Waals surface area contributed by atoms with Gasteiger partial charge in [-0.05, 0) is 43.2 Å². The molecule has 0 unspecified atom stereocenters. The van der Waals surface area contributed by atoms with Gasteiger partial charge in [0.05, 0.1) is 5.69 Å². The molecule has 0 spiro atoms. The van der Waals surface area contributed by atoms with E-state index in [-0.39, 0.29) is 5.91 Å². The van der Waals surface area contributed by atoms with Gasteiger partial charge in [-0.3, -0.25) is 9.48 Å². The van der Waals surface area contributed by atoms with Gasteiger partial charge >= 0.3 is 0 Å². The highest BCUT2D eigenvalue weighted by Crippen LogP contribution is 2.24. The van der Waals surface area contributed by atoms with E-state index in [0.29, 0.717) is 18.6 Å². The normalized spacial score (nSPS) is 10.5. The lowest BCUT2D eigenvalue weighted by atomic mass is 10.1. The minimum absolute atomic E-state index is 0.0277. The predicted molar refractivity (Wildman–Crippen MR) is 97.9 cm³/mol. The molecular formula is C20H21N3O2. The van der Waals surface area contributed by atoms with E-state index in [9.17, 15) is 4.79 Å². The Morgan fingerprint density at radius 1 is 1.12 bits per heavy atom. The van der Waals surface area contributed by atoms with Crippen LogP contribution in [0.3, 0.4) is 0 Å². The average molecular weight is 335 g/mol. The number of ether oxygens (including phenoxy) is 1. The molecule has 0 atom stereocenters. The van der Waals surface area contributed by atoms with Crippen LogP contribution in [0.5, 0.6) is 11.5 Å². The van der Waals surface area contributed by atoms with Gasteiger partial charge in [0.2, 0.25) is 5.91 Å². The number of rotatable bonds is 6. The molecule has 2 aromatic carbocycles. The Hall–Kier alpha value is -3.08. The second-order valence-corrected chi connectivity index (χ2v) is 5.90. The van der Waals surface area contributed by atoms with Crippen LogP contribution in [0.25, 0.3) is 0 Å². The van der Waals surface area contributed by atoms with Crippen LogP contribution < -0.4 is 10.1 Å². The van der Waals surface area contributed by atoms with E-state index in [1.807, 2.05) is 74.8 Å². The first kappa shape index (κ1) is 16.8. The molecular weight excluding hydrogens is 314 g/mol. The van der Waals surface area contributed by atoms with Crippen molar-refractivity contribution in [2.75, 3.05) is 5.32 Å². The van der Waals surface area contributed by atoms with Crippen LogP contribution in [0.2, 0.25) is 0 Å². The Balaban J connectivity index is 1.58. The molecule has 1 N–H and O–H groups in total. The van der Waals surface area contributed by atoms with Crippen LogP contribution in [-0.2, 0) is 18.3 Å². The average Bonchev–Trinajstić information content (AvgIpc) is 2.92. The fourth-order valence-corrected chi connectivity index (χ4v) is 2.63. The number of nitrogens with zero attached hydrogens (tertiary/aromatic N) is 2. The third-order valence-electron chi connectivity index (χ3n) is 3.83. The fraction of sp³-hybridized carbons (Fsp3) is 0.200. The van der Waals surface area contributed by atoms with E-state index >= 15 is 0 Å². The number of aryl methyl sites for hydroxylation is 3. The molecule has 1 aromatic heterocycles. The topological polar surface area (TPSA) is 56.2 Å². The van der Waals surface area contributed by atoms with Gasteiger partial charge in [0, 0.05) is 31.4 Å². The number of nitrogens with one attached hydrogen (secondary N) is 1. The zero-order chi connectivity index (χ0) is 17.6. The third kappa shape index (κ3) is 4.70. The van der Waals surface area contributed by atoms with Gasteiger partial charge in [0.15, 0.2) is 0 Å². The predicted octanol–water partition coefficient (Wildman–Crippen LogP) is 4.09. The molecule has 0 bridgehead atoms. The van der Waals surface area contributed by atoms with Crippen molar-refractivity contribution in [2.24, 2.45) is 7.05 Å². The quantitative estimate of drug-likeness (QED) is 0.738. The summed E-state index contributed by atoms with van der Waals surface area (Å²) in [5.41, 5.74) is 2.79. The van der Waals surface area contributed by atoms with Crippen LogP contribution in [0.15, 0.2) is 60.8 Å². The van der Waals surface area contributed by atoms with Crippen LogP contribution >= 0.6 is 0 Å². The first-order valence-corrected chi connectivity index (χ1v) is 8.22. The molecule has 5 nitrogen and oxygen atoms in total. The van der Waals surface area contributed by atoms with Gasteiger partial charge < -0.3 is 10.1 Å². The monoisotopic (exact) mass is 335 g/mol. The molecule has 3 rings (SSSR count). The molecule has 1 amide bonds. The number of hydrogen-bond donors (Lipinski definition) is 1. The van der Waals surface area contributed by atoms with E-state index < -0.39 is 0 Å². The summed E-state index contributed by atoms with van der Waals surface area (Å²) < 4.78 is 7.56. The maximum atomic E-state index is 12.2. The Labute approximate surface area is 147 Å². The lowest BCUT2D eigenvalue weighted by molar-refractivity contribution is -0.116. The summed E-state index contributed by atoms with van der Waals surface area (Å²) >= 11 is 0. The molecule has 0 radical (unpaired) electrons. The number of benzene rings is 2. The van der Waals surface area contributed by atoms with E-state index in [2.05, 4.69) is 10.4 Å². The summed E-state index contributed by atoms with van der Waals surface area (Å²) in [5.74, 6) is 1.42. The molecule has 0 saturated carbocycles. The lowest BCUT2D eigenvalue weighted by Gasteiger charge is -2.09. The zero-order valence-electron chi connectivity index (χ0n) is 14.4. The lowest BCUT2D eigenvalue weighted by Crippen LogP contribution is -2.12. The molecule has 0 aliphatic rings. The van der Waals surface area contributed by atoms with E-state index in [4.69, 9.17) is 4.74 Å². The second-order valence-electron chi connectivity index (χ2n) is 5.90. The number of carbonyl (C=O) groups is 1. The van der Waals surface area contributed by atoms with Crippen molar-refractivity contribution in [2.45, 2.75) is 19.8 Å². The van der Waals surface area contributed by atoms with E-state index in [1.54, 1.807) is 4.68 Å². The van der Waals surface area contributed by atoms with Gasteiger partial charge in [-0.25, -0.2) is 0 Å². The van der Waals surface area contributed by atoms with Crippen LogP contribution in [0.4, 0.5) is 5.69 Å². The van der Waals surface area contributed by atoms with Crippen molar-refractivity contribution in [1.29, 1.82) is 0 Å². The van der Waals surface area contributed by atoms with Gasteiger partial charge in [-0.15, -0.1) is 0 Å². The number of aromatic nitrogens is 2. The summed E-state index contributed by atoms with van der Waals surface area (Å²) in [6.07, 6.45) is 3.04. The Morgan fingerprint density at radius 3 is 2.60 bits per heavy atom. The number of amides is 1. The van der Waals surface area contributed by atoms with Crippen LogP contribution in [-0.4, -0.2) is 15.7 Å². The summed E-state index contributed by atoms with van der Waals surface area (Å²) in [5, 5.41) is 7.21. The fourth-order valence-electron chi connectivity index (χ4n) is 2.63. The summed E-state index contributed by atoms with van der Waals surface area (Å²) in [7, 11) is 1.88. The number of carbonyl (C=O) groups excluding carboxylic acids is 1. The van der Waals surface area contributed by atoms with Crippen molar-refractivity contribution in [3.05, 3.63) is 72.1 Å². The zero-order valence-corrected chi connectivity index (χ0v) is 14.4. The minimum atomic E-state index is -0.0277. The molecule has 128 valence electrons. The molecule has 0 saturated heterocycles. The Morgan fingerprint density at radius 2 is 1.88 bits per heavy atom. The largest absolute Gasteiger partial charge is 0.457 e. The first-order valence-electron chi connectivity index (χ1n) is 8.22. The summed E-state index contributed by atoms with van der Waals surface area (Å²) in [6.45, 7) is 1.96. The van der Waals surface area contributed by atoms with Crippen molar-refractivity contribution >= 4 is 11.6 Å². The SMILES string of the molecule is Cc1nn(C)cc1CCC(=O)Nc1cccc(Oc2ccccc2)c1. The highest BCUT2D eigenvalue weighted by atomic mass is 16.5. The third-order valence-corrected chi connectivity index (χ3v) is 3.83. The number of para-hydroxylation sites is 1. The summed E-state index contributed by atoms with van der Waals surface area (Å²) in [6, 6.07) is 16.9. The smallest absolute Gasteiger partial charge is 0.224 e. The van der Waals surface area contributed by atoms with Crippen LogP contribution in [0.1, 0.15) is 17.7 Å². The van der Waals surface area contributed by atoms with Crippen LogP contribution in [0, 0.1) is 6.92 Å². The maximum absolute atomic E-state index is 12.2. The Kier molecular flexibility index (Phi) is 5.14. The van der Waals surface area contributed by atoms with Gasteiger partial charge in [-0.1, -0.05) is 24.3 Å². The maximum Gasteiger partial charge on any atom is 0.224 e. The highest BCUT2D eigenvalue weighted by Gasteiger charge is 2.08. The Bertz CT molecular complexity index is 856. The molecule has 3 aromatic rings. The molecule has 0 aliphatic carbocycles. The van der Waals surface area contributed by atoms with Crippen molar-refractivity contribution in [3.63, 3.8) is 0 Å². The molecule has 5 heteroatoms. The molecule has 0 aliphatic heterocycles. The van der Waals surface area contributed by atoms with Crippen molar-refractivity contribution < 1.29 is 9.53 Å². The van der Waals surface area contributed by atoms with Crippen molar-refractivity contribution in [1.82, 2.24) is 9.78 Å². The number of hydrogen-bond acceptors (Lipinski definition) is 3. The number of anilines is 1. The first-order chi connectivity index (χ1) is 12.1. The second kappa shape index (κ2) is 7.66. The molecule has 1 heterocycles. The van der Waals surface area contributed by atoms with E-state index in [0.717, 1.165) is 22.7 Å². The van der Waals surface area contributed by atoms with Crippen molar-refractivity contribution in [3.8, 4) is 11.5 Å². The summed E-state index contributed by atoms with van der Waals surface area (Å²) in [4.78, 5) is 12.2. The van der Waals surface area contributed by atoms with Gasteiger partial charge in [0.25, 0.3) is 0 Å². The molecule has 25 heavy (non-hydrogen) atoms. The standard InChI is InChI=1S/C20H21N3O2/c1-15-16(14-23(2)22-15)11-12-20(24)21-17-7-6-10-19(13-17)25-18-8-4-3-5-9-18/h3-10,13-14H,11-12H2,1-2H3,(H,21,24).